The average Bonchev–Trinajstić information content (AvgIpc) is 1.54. The summed E-state index contributed by atoms with van der Waals surface area (Å²) in [5.74, 6) is -3.10. The van der Waals surface area contributed by atoms with Gasteiger partial charge < -0.3 is 33.5 Å². The lowest BCUT2D eigenvalue weighted by molar-refractivity contribution is 0.482. The van der Waals surface area contributed by atoms with Crippen LogP contribution in [0, 0.1) is 46.5 Å². The first-order valence-corrected chi connectivity index (χ1v) is 46.0. The molecule has 7 nitrogen and oxygen atoms in total. The summed E-state index contributed by atoms with van der Waals surface area (Å²) in [6.45, 7) is 7.75. The van der Waals surface area contributed by atoms with E-state index < -0.39 is 57.4 Å². The van der Waals surface area contributed by atoms with Gasteiger partial charge in [0.05, 0.1) is 10.8 Å². The van der Waals surface area contributed by atoms with Crippen molar-refractivity contribution in [2.24, 2.45) is 0 Å². The molecule has 0 saturated heterocycles. The van der Waals surface area contributed by atoms with Crippen molar-refractivity contribution in [1.82, 2.24) is 0 Å². The van der Waals surface area contributed by atoms with Gasteiger partial charge in [0.15, 0.2) is 23.3 Å². The highest BCUT2D eigenvalue weighted by atomic mass is 19.2. The van der Waals surface area contributed by atoms with Crippen LogP contribution in [-0.4, -0.2) is 0 Å². The van der Waals surface area contributed by atoms with E-state index in [1.165, 1.54) is 72.8 Å². The number of halogens is 8. The van der Waals surface area contributed by atoms with Gasteiger partial charge in [-0.15, -0.1) is 0 Å². The molecule has 678 valence electrons. The van der Waals surface area contributed by atoms with Crippen molar-refractivity contribution in [2.75, 3.05) is 19.6 Å². The summed E-state index contributed by atoms with van der Waals surface area (Å²) in [5, 5.41) is 1.71. The molecule has 21 aromatic rings. The normalized spacial score (nSPS) is 13.8. The molecule has 0 spiro atoms. The van der Waals surface area contributed by atoms with Gasteiger partial charge in [-0.2, -0.15) is 0 Å². The molecule has 20 aromatic carbocycles. The highest BCUT2D eigenvalue weighted by Crippen LogP contribution is 2.61. The Kier molecular flexibility index (Phi) is 22.1. The number of anilines is 12. The molecule has 2 atom stereocenters. The zero-order chi connectivity index (χ0) is 95.7. The van der Waals surface area contributed by atoms with Gasteiger partial charge >= 0.3 is 0 Å². The van der Waals surface area contributed by atoms with Crippen LogP contribution >= 0.6 is 0 Å². The highest BCUT2D eigenvalue weighted by Gasteiger charge is 2.49. The molecule has 0 amide bonds. The Balaban J connectivity index is 0.538. The molecule has 0 saturated carbocycles. The number of nitrogens with zero attached hydrogens (tertiary/aromatic N) is 4. The minimum absolute atomic E-state index is 0.393. The van der Waals surface area contributed by atoms with E-state index in [4.69, 9.17) is 13.9 Å². The zero-order valence-corrected chi connectivity index (χ0v) is 75.3. The molecule has 0 radical (unpaired) electrons. The van der Waals surface area contributed by atoms with Crippen LogP contribution < -0.4 is 29.1 Å². The second kappa shape index (κ2) is 35.9. The molecule has 23 rings (SSSR count). The third kappa shape index (κ3) is 15.7. The van der Waals surface area contributed by atoms with Crippen LogP contribution in [0.15, 0.2) is 466 Å². The van der Waals surface area contributed by atoms with Crippen molar-refractivity contribution in [2.45, 2.75) is 10.8 Å². The lowest BCUT2D eigenvalue weighted by atomic mass is 9.67. The highest BCUT2D eigenvalue weighted by molar-refractivity contribution is 6.08. The van der Waals surface area contributed by atoms with Crippen LogP contribution in [0.1, 0.15) is 55.6 Å². The van der Waals surface area contributed by atoms with Crippen LogP contribution in [-0.2, 0) is 10.8 Å². The fraction of sp³-hybridized carbons (Fsp3) is 0.0159. The third-order valence-corrected chi connectivity index (χ3v) is 27.0. The van der Waals surface area contributed by atoms with Crippen molar-refractivity contribution in [1.29, 1.82) is 0 Å². The summed E-state index contributed by atoms with van der Waals surface area (Å²) in [5.41, 5.74) is 22.6. The number of fused-ring (bicyclic) bond motifs is 9. The van der Waals surface area contributed by atoms with Gasteiger partial charge in [-0.1, -0.05) is 195 Å². The largest absolute Gasteiger partial charge is 0.457 e. The molecular weight excluding hydrogens is 1770 g/mol. The molecule has 0 fully saturated rings. The van der Waals surface area contributed by atoms with Gasteiger partial charge in [0.1, 0.15) is 57.4 Å². The van der Waals surface area contributed by atoms with E-state index in [1.54, 1.807) is 72.8 Å². The predicted molar refractivity (Wildman–Crippen MR) is 551 cm³/mol. The maximum absolute atomic E-state index is 16.0. The summed E-state index contributed by atoms with van der Waals surface area (Å²) in [7, 11) is 0. The molecule has 2 unspecified atom stereocenters. The molecule has 141 heavy (non-hydrogen) atoms. The Morgan fingerprint density at radius 3 is 0.752 bits per heavy atom. The van der Waals surface area contributed by atoms with Crippen LogP contribution in [0.3, 0.4) is 0 Å². The molecule has 0 bridgehead atoms. The monoisotopic (exact) mass is 1850 g/mol. The zero-order valence-electron chi connectivity index (χ0n) is 75.3. The third-order valence-electron chi connectivity index (χ3n) is 27.0. The maximum atomic E-state index is 16.0. The Labute approximate surface area is 808 Å². The van der Waals surface area contributed by atoms with Gasteiger partial charge in [0.25, 0.3) is 0 Å². The average molecular weight is 1850 g/mol. The van der Waals surface area contributed by atoms with Crippen molar-refractivity contribution >= 4 is 102 Å². The van der Waals surface area contributed by atoms with Crippen LogP contribution in [0.4, 0.5) is 103 Å². The first-order chi connectivity index (χ1) is 69.0. The topological polar surface area (TPSA) is 44.6 Å². The van der Waals surface area contributed by atoms with E-state index in [0.717, 1.165) is 145 Å². The van der Waals surface area contributed by atoms with Gasteiger partial charge in [-0.25, -0.2) is 35.1 Å². The Morgan fingerprint density at radius 1 is 0.213 bits per heavy atom. The summed E-state index contributed by atoms with van der Waals surface area (Å²) in [6, 6.07) is 137. The molecule has 2 aliphatic carbocycles. The molecular formula is C126H80F8N4O3. The van der Waals surface area contributed by atoms with E-state index in [2.05, 4.69) is 47.2 Å². The van der Waals surface area contributed by atoms with E-state index in [9.17, 15) is 8.78 Å². The number of hydrogen-bond acceptors (Lipinski definition) is 7. The van der Waals surface area contributed by atoms with Crippen LogP contribution in [0.5, 0.6) is 23.0 Å². The molecule has 1 heterocycles. The number of benzene rings is 20. The smallest absolute Gasteiger partial charge is 0.159 e. The minimum atomic E-state index is -1.18. The molecule has 15 heteroatoms. The van der Waals surface area contributed by atoms with Gasteiger partial charge in [-0.05, 0) is 367 Å². The minimum Gasteiger partial charge on any atom is -0.457 e. The summed E-state index contributed by atoms with van der Waals surface area (Å²) in [6.07, 6.45) is 3.53. The number of furan rings is 1. The van der Waals surface area contributed by atoms with Crippen LogP contribution in [0.2, 0.25) is 0 Å². The van der Waals surface area contributed by atoms with E-state index in [-0.39, 0.29) is 0 Å². The standard InChI is InChI=1S/C126H80F8N4O3/c1-3-79-13-59-105(60-14-79)139-107-63-25-85(26-64-107)125(87-29-71-119(131)121(133)73-87)115-11-7-5-9-109(115)111-67-55-101(75-117(111)125)135(97-47-31-89(127)32-48-97)93-39-17-81(18-40-93)83-21-43-95(44-22-83)137(99-51-35-91(129)36-52-99)103-57-69-113-114-70-58-104(78-124(114)141-123(113)77-103)138(100-53-37-92(130)38-54-100)96-45-23-84(24-46-96)82-19-41-94(42-20-82)136(98-49-33-90(128)34-50-98)102-56-68-112-110-10-6-8-12-116(110)126(118(112)76-102,88-30-72-120(132)122(134)74-88)86-27-65-108(66-28-86)140-106-61-15-80(4-2)16-62-106/h3-78H,1-2H2. The maximum Gasteiger partial charge on any atom is 0.159 e. The molecule has 1 aromatic heterocycles. The fourth-order valence-corrected chi connectivity index (χ4v) is 20.4. The lowest BCUT2D eigenvalue weighted by Crippen LogP contribution is -2.29. The van der Waals surface area contributed by atoms with Gasteiger partial charge in [-0.3, -0.25) is 0 Å². The van der Waals surface area contributed by atoms with Gasteiger partial charge in [0, 0.05) is 91.2 Å². The number of hydrogen-bond donors (Lipinski definition) is 0. The predicted octanol–water partition coefficient (Wildman–Crippen LogP) is 35.5. The fourth-order valence-electron chi connectivity index (χ4n) is 20.4. The van der Waals surface area contributed by atoms with Crippen molar-refractivity contribution in [3.63, 3.8) is 0 Å². The first kappa shape index (κ1) is 87.0. The van der Waals surface area contributed by atoms with Gasteiger partial charge in [0.2, 0.25) is 0 Å². The molecule has 0 N–H and O–H groups in total. The van der Waals surface area contributed by atoms with E-state index >= 15 is 26.3 Å². The number of rotatable bonds is 24. The second-order valence-electron chi connectivity index (χ2n) is 35.0. The Bertz CT molecular complexity index is 7890. The Morgan fingerprint density at radius 2 is 0.461 bits per heavy atom. The first-order valence-electron chi connectivity index (χ1n) is 46.0. The molecule has 0 aliphatic heterocycles. The van der Waals surface area contributed by atoms with Crippen molar-refractivity contribution in [3.05, 3.63) is 564 Å². The van der Waals surface area contributed by atoms with Crippen LogP contribution in [0.25, 0.3) is 78.6 Å². The van der Waals surface area contributed by atoms with Crippen molar-refractivity contribution in [3.8, 4) is 67.5 Å². The quantitative estimate of drug-likeness (QED) is 0.0559. The lowest BCUT2D eigenvalue weighted by Gasteiger charge is -2.35. The molecule has 2 aliphatic rings. The summed E-state index contributed by atoms with van der Waals surface area (Å²) in [4.78, 5) is 8.18. The van der Waals surface area contributed by atoms with E-state index in [1.807, 2.05) is 301 Å². The number of ether oxygens (including phenoxy) is 2. The SMILES string of the molecule is C=Cc1ccc(Oc2ccc(C3(c4ccc(F)c(F)c4)c4ccccc4-c4ccc(N(c5ccc(F)cc5)c5ccc(-c6ccc(N(c7ccc(F)cc7)c7ccc8c(c7)oc7cc(N(c9ccc(F)cc9)c9ccc(-c%10ccc(N(c%11ccc(F)cc%11)c%11ccc%12c(c%11)C(c%11ccc(Oc%13ccc(C=C)cc%13)cc%11)(c%11ccc(F)c(F)c%11)c%11ccccc%11-%12)cc%10)cc9)ccc78)cc6)cc5)cc43)cc2)cc1. The second-order valence-corrected chi connectivity index (χ2v) is 35.0. The van der Waals surface area contributed by atoms with Crippen molar-refractivity contribution < 1.29 is 49.0 Å². The summed E-state index contributed by atoms with van der Waals surface area (Å²) >= 11 is 0. The van der Waals surface area contributed by atoms with E-state index in [0.29, 0.717) is 68.0 Å². The summed E-state index contributed by atoms with van der Waals surface area (Å²) < 4.78 is 142. The Hall–Kier alpha value is -18.1.